The third-order valence-electron chi connectivity index (χ3n) is 6.62. The molecule has 1 atom stereocenters. The summed E-state index contributed by atoms with van der Waals surface area (Å²) in [4.78, 5) is 17.4. The lowest BCUT2D eigenvalue weighted by Gasteiger charge is -2.37. The molecule has 0 radical (unpaired) electrons. The van der Waals surface area contributed by atoms with E-state index in [-0.39, 0.29) is 6.54 Å². The molecule has 37 heavy (non-hydrogen) atoms. The largest absolute Gasteiger partial charge is 0.479 e. The van der Waals surface area contributed by atoms with Gasteiger partial charge >= 0.3 is 5.97 Å². The predicted molar refractivity (Wildman–Crippen MR) is 146 cm³/mol. The molecule has 1 aliphatic heterocycles. The number of hydrogen-bond donors (Lipinski definition) is 1. The van der Waals surface area contributed by atoms with E-state index in [9.17, 15) is 18.3 Å². The van der Waals surface area contributed by atoms with Crippen LogP contribution in [0.4, 0.5) is 5.69 Å². The summed E-state index contributed by atoms with van der Waals surface area (Å²) in [6, 6.07) is 9.84. The van der Waals surface area contributed by atoms with Crippen molar-refractivity contribution in [2.75, 3.05) is 10.6 Å². The lowest BCUT2D eigenvalue weighted by atomic mass is 9.81. The topological polar surface area (TPSA) is 96.8 Å². The summed E-state index contributed by atoms with van der Waals surface area (Å²) in [5, 5.41) is 10.4. The van der Waals surface area contributed by atoms with Gasteiger partial charge in [-0.15, -0.1) is 0 Å². The van der Waals surface area contributed by atoms with Gasteiger partial charge in [-0.2, -0.15) is 0 Å². The average Bonchev–Trinajstić information content (AvgIpc) is 2.78. The lowest BCUT2D eigenvalue weighted by molar-refractivity contribution is -0.160. The number of aromatic nitrogens is 1. The zero-order valence-corrected chi connectivity index (χ0v) is 23.4. The quantitative estimate of drug-likeness (QED) is 0.450. The van der Waals surface area contributed by atoms with Gasteiger partial charge in [-0.1, -0.05) is 35.9 Å². The number of nitrogens with zero attached hydrogens (tertiary/aromatic N) is 2. The van der Waals surface area contributed by atoms with Crippen molar-refractivity contribution in [3.05, 3.63) is 69.9 Å². The molecular weight excluding hydrogens is 488 g/mol. The Labute approximate surface area is 219 Å². The van der Waals surface area contributed by atoms with E-state index in [0.29, 0.717) is 28.1 Å². The smallest absolute Gasteiger partial charge is 0.337 e. The number of aliphatic carboxylic acids is 1. The van der Waals surface area contributed by atoms with Crippen LogP contribution in [0.25, 0.3) is 22.4 Å². The Morgan fingerprint density at radius 3 is 2.19 bits per heavy atom. The van der Waals surface area contributed by atoms with Crippen LogP contribution in [0.15, 0.2) is 36.5 Å². The van der Waals surface area contributed by atoms with Crippen LogP contribution in [-0.4, -0.2) is 36.3 Å². The molecule has 0 unspecified atom stereocenters. The fraction of sp³-hybridized carbons (Fsp3) is 0.379. The molecular formula is C29H34N2O5S. The van der Waals surface area contributed by atoms with Gasteiger partial charge in [-0.25, -0.2) is 13.2 Å². The fourth-order valence-corrected chi connectivity index (χ4v) is 6.04. The van der Waals surface area contributed by atoms with Crippen molar-refractivity contribution in [2.45, 2.75) is 66.7 Å². The van der Waals surface area contributed by atoms with Crippen LogP contribution in [0, 0.1) is 27.7 Å². The highest BCUT2D eigenvalue weighted by Crippen LogP contribution is 2.51. The number of rotatable bonds is 5. The van der Waals surface area contributed by atoms with Gasteiger partial charge in [0.05, 0.1) is 29.8 Å². The minimum Gasteiger partial charge on any atom is -0.479 e. The molecule has 1 aliphatic rings. The van der Waals surface area contributed by atoms with Gasteiger partial charge in [0.1, 0.15) is 0 Å². The first kappa shape index (κ1) is 26.8. The van der Waals surface area contributed by atoms with Crippen LogP contribution in [-0.2, 0) is 26.1 Å². The first-order chi connectivity index (χ1) is 17.1. The number of aryl methyl sites for hydroxylation is 2. The van der Waals surface area contributed by atoms with E-state index >= 15 is 0 Å². The number of hydrogen-bond acceptors (Lipinski definition) is 5. The van der Waals surface area contributed by atoms with Gasteiger partial charge in [0.2, 0.25) is 10.0 Å². The number of benzene rings is 2. The van der Waals surface area contributed by atoms with E-state index in [1.807, 2.05) is 51.1 Å². The third kappa shape index (κ3) is 5.00. The van der Waals surface area contributed by atoms with Crippen molar-refractivity contribution in [3.63, 3.8) is 0 Å². The Morgan fingerprint density at radius 2 is 1.65 bits per heavy atom. The maximum absolute atomic E-state index is 13.1. The summed E-state index contributed by atoms with van der Waals surface area (Å²) in [5.41, 5.74) is 7.23. The number of pyridine rings is 1. The maximum Gasteiger partial charge on any atom is 0.337 e. The Morgan fingerprint density at radius 1 is 1.03 bits per heavy atom. The predicted octanol–water partition coefficient (Wildman–Crippen LogP) is 5.87. The molecule has 0 saturated heterocycles. The number of carbonyl (C=O) groups is 1. The maximum atomic E-state index is 13.1. The number of carboxylic acid groups (broad SMARTS) is 1. The second-order valence-electron chi connectivity index (χ2n) is 10.9. The summed E-state index contributed by atoms with van der Waals surface area (Å²) in [5.74, 6) is -1.14. The van der Waals surface area contributed by atoms with E-state index in [1.165, 1.54) is 10.6 Å². The summed E-state index contributed by atoms with van der Waals surface area (Å²) in [6.07, 6.45) is 1.64. The molecule has 0 aliphatic carbocycles. The standard InChI is InChI=1S/C29H34N2O5S/c1-16-9-11-20(12-10-16)22-18(3)24-25-21(13-17(2)14-30-25)15-31(37(8,34)35)26(24)19(4)23(22)27(28(32)33)36-29(5,6)7/h9-14,27H,15H2,1-8H3,(H,32,33)/t27-/m0/s1. The molecule has 0 saturated carbocycles. The Hall–Kier alpha value is -3.23. The monoisotopic (exact) mass is 522 g/mol. The van der Waals surface area contributed by atoms with Crippen LogP contribution in [0.1, 0.15) is 60.3 Å². The molecule has 0 spiro atoms. The SMILES string of the molecule is Cc1ccc(-c2c(C)c3c(c(C)c2[C@H](OC(C)(C)C)C(=O)O)N(S(C)(=O)=O)Cc2cc(C)cnc2-3)cc1. The van der Waals surface area contributed by atoms with Gasteiger partial charge in [-0.05, 0) is 81.8 Å². The van der Waals surface area contributed by atoms with Gasteiger partial charge in [0.25, 0.3) is 0 Å². The molecule has 0 bridgehead atoms. The van der Waals surface area contributed by atoms with Crippen molar-refractivity contribution < 1.29 is 23.1 Å². The highest BCUT2D eigenvalue weighted by Gasteiger charge is 2.38. The van der Waals surface area contributed by atoms with Crippen molar-refractivity contribution in [3.8, 4) is 22.4 Å². The fourth-order valence-electron chi connectivity index (χ4n) is 5.11. The molecule has 196 valence electrons. The van der Waals surface area contributed by atoms with Crippen molar-refractivity contribution in [1.82, 2.24) is 4.98 Å². The minimum atomic E-state index is -3.70. The molecule has 4 rings (SSSR count). The van der Waals surface area contributed by atoms with E-state index < -0.39 is 27.7 Å². The van der Waals surface area contributed by atoms with Gasteiger partial charge in [0.15, 0.2) is 6.10 Å². The Balaban J connectivity index is 2.21. The number of ether oxygens (including phenoxy) is 1. The Kier molecular flexibility index (Phi) is 6.71. The molecule has 3 aromatic rings. The minimum absolute atomic E-state index is 0.122. The zero-order chi connectivity index (χ0) is 27.4. The highest BCUT2D eigenvalue weighted by molar-refractivity contribution is 7.92. The lowest BCUT2D eigenvalue weighted by Crippen LogP contribution is -2.35. The molecule has 0 amide bonds. The third-order valence-corrected chi connectivity index (χ3v) is 7.73. The molecule has 1 N–H and O–H groups in total. The van der Waals surface area contributed by atoms with Gasteiger partial charge < -0.3 is 9.84 Å². The van der Waals surface area contributed by atoms with Gasteiger partial charge in [0, 0.05) is 17.3 Å². The molecule has 2 heterocycles. The zero-order valence-electron chi connectivity index (χ0n) is 22.6. The van der Waals surface area contributed by atoms with Crippen LogP contribution in [0.2, 0.25) is 0 Å². The van der Waals surface area contributed by atoms with Crippen molar-refractivity contribution >= 4 is 21.7 Å². The number of carboxylic acids is 1. The second-order valence-corrected chi connectivity index (χ2v) is 12.8. The molecule has 0 fully saturated rings. The van der Waals surface area contributed by atoms with E-state index in [4.69, 9.17) is 9.72 Å². The van der Waals surface area contributed by atoms with E-state index in [0.717, 1.165) is 33.4 Å². The number of sulfonamides is 1. The average molecular weight is 523 g/mol. The normalized spacial score (nSPS) is 14.2. The van der Waals surface area contributed by atoms with Crippen LogP contribution in [0.3, 0.4) is 0 Å². The Bertz CT molecular complexity index is 1500. The van der Waals surface area contributed by atoms with Crippen LogP contribution < -0.4 is 4.31 Å². The summed E-state index contributed by atoms with van der Waals surface area (Å²) >= 11 is 0. The number of anilines is 1. The van der Waals surface area contributed by atoms with Crippen LogP contribution >= 0.6 is 0 Å². The molecule has 8 heteroatoms. The van der Waals surface area contributed by atoms with Crippen molar-refractivity contribution in [1.29, 1.82) is 0 Å². The highest BCUT2D eigenvalue weighted by atomic mass is 32.2. The first-order valence-corrected chi connectivity index (χ1v) is 14.0. The van der Waals surface area contributed by atoms with Crippen LogP contribution in [0.5, 0.6) is 0 Å². The number of fused-ring (bicyclic) bond motifs is 3. The first-order valence-electron chi connectivity index (χ1n) is 12.2. The molecule has 1 aromatic heterocycles. The second kappa shape index (κ2) is 9.26. The van der Waals surface area contributed by atoms with Gasteiger partial charge in [-0.3, -0.25) is 9.29 Å². The van der Waals surface area contributed by atoms with Crippen molar-refractivity contribution in [2.24, 2.45) is 0 Å². The molecule has 2 aromatic carbocycles. The summed E-state index contributed by atoms with van der Waals surface area (Å²) < 4.78 is 33.7. The van der Waals surface area contributed by atoms with E-state index in [2.05, 4.69) is 0 Å². The summed E-state index contributed by atoms with van der Waals surface area (Å²) in [7, 11) is -3.70. The molecule has 7 nitrogen and oxygen atoms in total. The summed E-state index contributed by atoms with van der Waals surface area (Å²) in [6.45, 7) is 13.1. The van der Waals surface area contributed by atoms with E-state index in [1.54, 1.807) is 33.9 Å².